The third-order valence-corrected chi connectivity index (χ3v) is 6.06. The first-order valence-corrected chi connectivity index (χ1v) is 8.76. The zero-order chi connectivity index (χ0) is 13.3. The number of rotatable bonds is 2. The van der Waals surface area contributed by atoms with Gasteiger partial charge in [-0.05, 0) is 42.9 Å². The Bertz CT molecular complexity index is 457. The number of hydrogen-bond acceptors (Lipinski definition) is 3. The summed E-state index contributed by atoms with van der Waals surface area (Å²) in [6.45, 7) is 2.93. The quantitative estimate of drug-likeness (QED) is 0.802. The van der Waals surface area contributed by atoms with Crippen LogP contribution in [-0.2, 0) is 4.74 Å². The van der Waals surface area contributed by atoms with Gasteiger partial charge < -0.3 is 9.47 Å². The van der Waals surface area contributed by atoms with Crippen molar-refractivity contribution in [2.45, 2.75) is 37.9 Å². The van der Waals surface area contributed by atoms with E-state index in [4.69, 9.17) is 9.47 Å². The van der Waals surface area contributed by atoms with Crippen LogP contribution in [0.3, 0.4) is 0 Å². The Balaban J connectivity index is 1.67. The maximum absolute atomic E-state index is 6.17. The lowest BCUT2D eigenvalue weighted by molar-refractivity contribution is -0.0959. The van der Waals surface area contributed by atoms with E-state index in [9.17, 15) is 0 Å². The normalized spacial score (nSPS) is 30.7. The minimum Gasteiger partial charge on any atom is -0.490 e. The van der Waals surface area contributed by atoms with E-state index >= 15 is 0 Å². The van der Waals surface area contributed by atoms with Gasteiger partial charge in [0.1, 0.15) is 11.9 Å². The van der Waals surface area contributed by atoms with E-state index < -0.39 is 0 Å². The van der Waals surface area contributed by atoms with Crippen LogP contribution in [0.15, 0.2) is 22.7 Å². The Labute approximate surface area is 127 Å². The summed E-state index contributed by atoms with van der Waals surface area (Å²) < 4.78 is 13.3. The van der Waals surface area contributed by atoms with Crippen LogP contribution in [0.1, 0.15) is 24.8 Å². The van der Waals surface area contributed by atoms with Crippen molar-refractivity contribution in [3.8, 4) is 5.75 Å². The SMILES string of the molecule is Cc1cc(OC2CCOC3(CCSC3)C2)ccc1Br. The van der Waals surface area contributed by atoms with Gasteiger partial charge in [-0.15, -0.1) is 0 Å². The van der Waals surface area contributed by atoms with Crippen LogP contribution < -0.4 is 4.74 Å². The molecule has 4 heteroatoms. The van der Waals surface area contributed by atoms with Gasteiger partial charge in [-0.1, -0.05) is 15.9 Å². The van der Waals surface area contributed by atoms with Gasteiger partial charge in [-0.25, -0.2) is 0 Å². The molecule has 2 unspecified atom stereocenters. The fourth-order valence-corrected chi connectivity index (χ4v) is 4.45. The van der Waals surface area contributed by atoms with Gasteiger partial charge in [0.2, 0.25) is 0 Å². The maximum atomic E-state index is 6.17. The highest BCUT2D eigenvalue weighted by atomic mass is 79.9. The number of ether oxygens (including phenoxy) is 2. The summed E-state index contributed by atoms with van der Waals surface area (Å²) >= 11 is 5.53. The molecule has 2 fully saturated rings. The predicted molar refractivity (Wildman–Crippen MR) is 83.2 cm³/mol. The van der Waals surface area contributed by atoms with E-state index in [0.717, 1.165) is 35.4 Å². The average Bonchev–Trinajstić information content (AvgIpc) is 2.82. The van der Waals surface area contributed by atoms with Crippen LogP contribution in [0.2, 0.25) is 0 Å². The lowest BCUT2D eigenvalue weighted by atomic mass is 9.91. The van der Waals surface area contributed by atoms with E-state index in [1.807, 2.05) is 17.8 Å². The average molecular weight is 343 g/mol. The number of benzene rings is 1. The van der Waals surface area contributed by atoms with Crippen LogP contribution in [0.25, 0.3) is 0 Å². The zero-order valence-corrected chi connectivity index (χ0v) is 13.6. The first-order chi connectivity index (χ1) is 9.17. The van der Waals surface area contributed by atoms with Crippen molar-refractivity contribution < 1.29 is 9.47 Å². The Morgan fingerprint density at radius 2 is 2.37 bits per heavy atom. The van der Waals surface area contributed by atoms with Gasteiger partial charge in [-0.2, -0.15) is 11.8 Å². The Kier molecular flexibility index (Phi) is 4.11. The molecule has 3 rings (SSSR count). The van der Waals surface area contributed by atoms with Crippen LogP contribution >= 0.6 is 27.7 Å². The third-order valence-electron chi connectivity index (χ3n) is 3.95. The molecule has 0 N–H and O–H groups in total. The van der Waals surface area contributed by atoms with Crippen molar-refractivity contribution in [3.63, 3.8) is 0 Å². The second-order valence-electron chi connectivity index (χ2n) is 5.48. The summed E-state index contributed by atoms with van der Waals surface area (Å²) in [5.74, 6) is 3.34. The summed E-state index contributed by atoms with van der Waals surface area (Å²) in [6, 6.07) is 6.21. The summed E-state index contributed by atoms with van der Waals surface area (Å²) in [5, 5.41) is 0. The number of aryl methyl sites for hydroxylation is 1. The van der Waals surface area contributed by atoms with E-state index in [-0.39, 0.29) is 5.60 Å². The number of halogens is 1. The highest BCUT2D eigenvalue weighted by molar-refractivity contribution is 9.10. The van der Waals surface area contributed by atoms with Gasteiger partial charge in [-0.3, -0.25) is 0 Å². The van der Waals surface area contributed by atoms with E-state index in [0.29, 0.717) is 6.10 Å². The highest BCUT2D eigenvalue weighted by Gasteiger charge is 2.41. The lowest BCUT2D eigenvalue weighted by Gasteiger charge is -2.37. The van der Waals surface area contributed by atoms with E-state index in [1.165, 1.54) is 17.7 Å². The lowest BCUT2D eigenvalue weighted by Crippen LogP contribution is -2.43. The van der Waals surface area contributed by atoms with E-state index in [2.05, 4.69) is 35.0 Å². The molecule has 2 heterocycles. The third kappa shape index (κ3) is 3.11. The standard InChI is InChI=1S/C15H19BrO2S/c1-11-8-12(2-3-14(11)16)18-13-4-6-17-15(9-13)5-7-19-10-15/h2-3,8,13H,4-7,9-10H2,1H3. The van der Waals surface area contributed by atoms with Crippen LogP contribution in [0.5, 0.6) is 5.75 Å². The second-order valence-corrected chi connectivity index (χ2v) is 7.44. The van der Waals surface area contributed by atoms with Gasteiger partial charge in [0, 0.05) is 23.1 Å². The fraction of sp³-hybridized carbons (Fsp3) is 0.600. The van der Waals surface area contributed by atoms with Crippen molar-refractivity contribution in [2.24, 2.45) is 0 Å². The van der Waals surface area contributed by atoms with Gasteiger partial charge in [0.15, 0.2) is 0 Å². The molecule has 2 atom stereocenters. The molecule has 2 saturated heterocycles. The molecular formula is C15H19BrO2S. The smallest absolute Gasteiger partial charge is 0.120 e. The molecule has 0 radical (unpaired) electrons. The summed E-state index contributed by atoms with van der Waals surface area (Å²) in [5.41, 5.74) is 1.31. The largest absolute Gasteiger partial charge is 0.490 e. The predicted octanol–water partition coefficient (Wildman–Crippen LogP) is 4.19. The topological polar surface area (TPSA) is 18.5 Å². The molecule has 104 valence electrons. The summed E-state index contributed by atoms with van der Waals surface area (Å²) in [6.07, 6.45) is 3.51. The molecule has 19 heavy (non-hydrogen) atoms. The molecule has 2 nitrogen and oxygen atoms in total. The number of hydrogen-bond donors (Lipinski definition) is 0. The van der Waals surface area contributed by atoms with Gasteiger partial charge in [0.25, 0.3) is 0 Å². The molecule has 0 aromatic heterocycles. The van der Waals surface area contributed by atoms with Crippen molar-refractivity contribution in [1.82, 2.24) is 0 Å². The summed E-state index contributed by atoms with van der Waals surface area (Å²) in [7, 11) is 0. The maximum Gasteiger partial charge on any atom is 0.120 e. The highest BCUT2D eigenvalue weighted by Crippen LogP contribution is 2.39. The van der Waals surface area contributed by atoms with Gasteiger partial charge in [0.05, 0.1) is 12.2 Å². The minimum absolute atomic E-state index is 0.0952. The molecule has 0 amide bonds. The summed E-state index contributed by atoms with van der Waals surface area (Å²) in [4.78, 5) is 0. The first kappa shape index (κ1) is 13.8. The molecule has 0 aliphatic carbocycles. The molecule has 2 aliphatic heterocycles. The molecule has 1 spiro atoms. The number of thioether (sulfide) groups is 1. The van der Waals surface area contributed by atoms with Crippen molar-refractivity contribution in [3.05, 3.63) is 28.2 Å². The Morgan fingerprint density at radius 3 is 3.11 bits per heavy atom. The molecule has 0 bridgehead atoms. The van der Waals surface area contributed by atoms with Crippen LogP contribution in [-0.4, -0.2) is 29.8 Å². The minimum atomic E-state index is 0.0952. The van der Waals surface area contributed by atoms with Crippen LogP contribution in [0, 0.1) is 6.92 Å². The molecule has 0 saturated carbocycles. The Morgan fingerprint density at radius 1 is 1.47 bits per heavy atom. The molecular weight excluding hydrogens is 324 g/mol. The Hall–Kier alpha value is -0.190. The van der Waals surface area contributed by atoms with Crippen molar-refractivity contribution in [1.29, 1.82) is 0 Å². The molecule has 1 aromatic rings. The first-order valence-electron chi connectivity index (χ1n) is 6.81. The fourth-order valence-electron chi connectivity index (χ4n) is 2.83. The van der Waals surface area contributed by atoms with Crippen LogP contribution in [0.4, 0.5) is 0 Å². The second kappa shape index (κ2) is 5.66. The van der Waals surface area contributed by atoms with E-state index in [1.54, 1.807) is 0 Å². The monoisotopic (exact) mass is 342 g/mol. The molecule has 2 aliphatic rings. The van der Waals surface area contributed by atoms with Crippen molar-refractivity contribution >= 4 is 27.7 Å². The zero-order valence-electron chi connectivity index (χ0n) is 11.2. The molecule has 1 aromatic carbocycles. The van der Waals surface area contributed by atoms with Crippen molar-refractivity contribution in [2.75, 3.05) is 18.1 Å². The van der Waals surface area contributed by atoms with Gasteiger partial charge >= 0.3 is 0 Å².